The van der Waals surface area contributed by atoms with E-state index in [1.807, 2.05) is 19.2 Å². The van der Waals surface area contributed by atoms with Crippen LogP contribution in [-0.2, 0) is 6.54 Å². The van der Waals surface area contributed by atoms with Gasteiger partial charge < -0.3 is 4.52 Å². The van der Waals surface area contributed by atoms with Crippen LogP contribution >= 0.6 is 0 Å². The molecule has 6 heteroatoms. The van der Waals surface area contributed by atoms with Gasteiger partial charge in [-0.15, -0.1) is 0 Å². The van der Waals surface area contributed by atoms with Crippen LogP contribution in [0.4, 0.5) is 4.39 Å². The molecule has 2 heterocycles. The Hall–Kier alpha value is -2.21. The predicted molar refractivity (Wildman–Crippen MR) is 82.9 cm³/mol. The maximum atomic E-state index is 12.9. The monoisotopic (exact) mass is 302 g/mol. The summed E-state index contributed by atoms with van der Waals surface area (Å²) in [6.07, 6.45) is 1.82. The SMILES string of the molecule is C/C=N\N1CCN(Cc2cc(-c3ccc(F)cc3)no2)CC1. The van der Waals surface area contributed by atoms with Crippen LogP contribution in [0, 0.1) is 5.82 Å². The number of nitrogens with zero attached hydrogens (tertiary/aromatic N) is 4. The van der Waals surface area contributed by atoms with Crippen molar-refractivity contribution in [2.45, 2.75) is 13.5 Å². The first-order valence-electron chi connectivity index (χ1n) is 7.42. The van der Waals surface area contributed by atoms with Gasteiger partial charge in [0, 0.05) is 44.0 Å². The molecule has 2 aromatic rings. The summed E-state index contributed by atoms with van der Waals surface area (Å²) in [7, 11) is 0. The van der Waals surface area contributed by atoms with Crippen LogP contribution in [0.1, 0.15) is 12.7 Å². The highest BCUT2D eigenvalue weighted by Crippen LogP contribution is 2.20. The number of hydrogen-bond donors (Lipinski definition) is 0. The second-order valence-corrected chi connectivity index (χ2v) is 5.29. The van der Waals surface area contributed by atoms with Crippen molar-refractivity contribution >= 4 is 6.21 Å². The van der Waals surface area contributed by atoms with E-state index in [-0.39, 0.29) is 5.82 Å². The minimum absolute atomic E-state index is 0.250. The summed E-state index contributed by atoms with van der Waals surface area (Å²) in [6.45, 7) is 6.40. The lowest BCUT2D eigenvalue weighted by Gasteiger charge is -2.32. The number of hydrogen-bond acceptors (Lipinski definition) is 5. The molecule has 116 valence electrons. The molecule has 22 heavy (non-hydrogen) atoms. The molecule has 3 rings (SSSR count). The van der Waals surface area contributed by atoms with E-state index in [9.17, 15) is 4.39 Å². The van der Waals surface area contributed by atoms with Crippen molar-refractivity contribution in [2.24, 2.45) is 5.10 Å². The lowest BCUT2D eigenvalue weighted by molar-refractivity contribution is 0.122. The fourth-order valence-electron chi connectivity index (χ4n) is 2.54. The Bertz CT molecular complexity index is 630. The summed E-state index contributed by atoms with van der Waals surface area (Å²) >= 11 is 0. The number of benzene rings is 1. The third-order valence-corrected chi connectivity index (χ3v) is 3.71. The van der Waals surface area contributed by atoms with Crippen molar-refractivity contribution in [1.29, 1.82) is 0 Å². The molecule has 0 radical (unpaired) electrons. The summed E-state index contributed by atoms with van der Waals surface area (Å²) < 4.78 is 18.3. The minimum atomic E-state index is -0.250. The average molecular weight is 302 g/mol. The summed E-state index contributed by atoms with van der Waals surface area (Å²) in [4.78, 5) is 2.32. The summed E-state index contributed by atoms with van der Waals surface area (Å²) in [6, 6.07) is 8.19. The minimum Gasteiger partial charge on any atom is -0.359 e. The molecule has 0 spiro atoms. The Labute approximate surface area is 129 Å². The zero-order chi connectivity index (χ0) is 15.4. The van der Waals surface area contributed by atoms with Gasteiger partial charge in [-0.25, -0.2) is 4.39 Å². The molecule has 0 N–H and O–H groups in total. The highest BCUT2D eigenvalue weighted by molar-refractivity contribution is 5.58. The number of hydrazone groups is 1. The highest BCUT2D eigenvalue weighted by Gasteiger charge is 2.17. The van der Waals surface area contributed by atoms with Crippen LogP contribution in [0.3, 0.4) is 0 Å². The molecule has 1 aliphatic rings. The van der Waals surface area contributed by atoms with E-state index in [1.165, 1.54) is 12.1 Å². The molecule has 0 bridgehead atoms. The lowest BCUT2D eigenvalue weighted by atomic mass is 10.1. The summed E-state index contributed by atoms with van der Waals surface area (Å²) in [5.74, 6) is 0.576. The average Bonchev–Trinajstić information content (AvgIpc) is 2.99. The van der Waals surface area contributed by atoms with Crippen molar-refractivity contribution in [3.63, 3.8) is 0 Å². The smallest absolute Gasteiger partial charge is 0.151 e. The van der Waals surface area contributed by atoms with Gasteiger partial charge in [-0.2, -0.15) is 5.10 Å². The van der Waals surface area contributed by atoms with Crippen molar-refractivity contribution in [2.75, 3.05) is 26.2 Å². The topological polar surface area (TPSA) is 44.9 Å². The maximum Gasteiger partial charge on any atom is 0.151 e. The van der Waals surface area contributed by atoms with E-state index in [0.717, 1.165) is 49.7 Å². The van der Waals surface area contributed by atoms with Crippen LogP contribution in [0.25, 0.3) is 11.3 Å². The Morgan fingerprint density at radius 1 is 1.23 bits per heavy atom. The first-order valence-corrected chi connectivity index (χ1v) is 7.42. The van der Waals surface area contributed by atoms with Gasteiger partial charge in [0.15, 0.2) is 5.76 Å². The van der Waals surface area contributed by atoms with E-state index in [4.69, 9.17) is 4.52 Å². The van der Waals surface area contributed by atoms with Gasteiger partial charge in [0.1, 0.15) is 11.5 Å². The van der Waals surface area contributed by atoms with E-state index in [1.54, 1.807) is 12.1 Å². The van der Waals surface area contributed by atoms with Crippen LogP contribution in [0.5, 0.6) is 0 Å². The second-order valence-electron chi connectivity index (χ2n) is 5.29. The third-order valence-electron chi connectivity index (χ3n) is 3.71. The van der Waals surface area contributed by atoms with E-state index in [0.29, 0.717) is 0 Å². The molecule has 1 aromatic carbocycles. The molecule has 1 aliphatic heterocycles. The molecule has 1 fully saturated rings. The molecule has 0 aliphatic carbocycles. The van der Waals surface area contributed by atoms with Gasteiger partial charge in [0.05, 0.1) is 6.54 Å². The van der Waals surface area contributed by atoms with Gasteiger partial charge >= 0.3 is 0 Å². The highest BCUT2D eigenvalue weighted by atomic mass is 19.1. The molecular weight excluding hydrogens is 283 g/mol. The number of aromatic nitrogens is 1. The summed E-state index contributed by atoms with van der Waals surface area (Å²) in [5, 5.41) is 10.4. The zero-order valence-electron chi connectivity index (χ0n) is 12.6. The van der Waals surface area contributed by atoms with Crippen LogP contribution in [0.15, 0.2) is 40.0 Å². The first kappa shape index (κ1) is 14.7. The number of piperazine rings is 1. The number of rotatable bonds is 4. The largest absolute Gasteiger partial charge is 0.359 e. The van der Waals surface area contributed by atoms with E-state index >= 15 is 0 Å². The predicted octanol–water partition coefficient (Wildman–Crippen LogP) is 2.60. The molecule has 0 atom stereocenters. The van der Waals surface area contributed by atoms with Gasteiger partial charge in [0.25, 0.3) is 0 Å². The summed E-state index contributed by atoms with van der Waals surface area (Å²) in [5.41, 5.74) is 1.60. The van der Waals surface area contributed by atoms with Crippen LogP contribution in [-0.4, -0.2) is 47.5 Å². The molecule has 5 nitrogen and oxygen atoms in total. The van der Waals surface area contributed by atoms with Crippen LogP contribution < -0.4 is 0 Å². The Morgan fingerprint density at radius 2 is 1.95 bits per heavy atom. The first-order chi connectivity index (χ1) is 10.7. The fraction of sp³-hybridized carbons (Fsp3) is 0.375. The fourth-order valence-corrected chi connectivity index (χ4v) is 2.54. The van der Waals surface area contributed by atoms with Gasteiger partial charge in [-0.05, 0) is 31.2 Å². The van der Waals surface area contributed by atoms with Crippen LogP contribution in [0.2, 0.25) is 0 Å². The standard InChI is InChI=1S/C16H19FN4O/c1-2-18-21-9-7-20(8-10-21)12-15-11-16(19-22-15)13-3-5-14(17)6-4-13/h2-6,11H,7-10,12H2,1H3/b18-2-. The molecule has 1 aromatic heterocycles. The molecule has 0 saturated carbocycles. The van der Waals surface area contributed by atoms with Crippen molar-refractivity contribution < 1.29 is 8.91 Å². The third kappa shape index (κ3) is 3.51. The van der Waals surface area contributed by atoms with E-state index < -0.39 is 0 Å². The van der Waals surface area contributed by atoms with Gasteiger partial charge in [-0.1, -0.05) is 5.16 Å². The Balaban J connectivity index is 1.59. The zero-order valence-corrected chi connectivity index (χ0v) is 12.6. The van der Waals surface area contributed by atoms with E-state index in [2.05, 4.69) is 20.2 Å². The quantitative estimate of drug-likeness (QED) is 0.814. The number of halogens is 1. The second kappa shape index (κ2) is 6.70. The molecule has 1 saturated heterocycles. The Kier molecular flexibility index (Phi) is 4.48. The Morgan fingerprint density at radius 3 is 2.64 bits per heavy atom. The van der Waals surface area contributed by atoms with Crippen molar-refractivity contribution in [3.8, 4) is 11.3 Å². The molecule has 0 unspecified atom stereocenters. The molecular formula is C16H19FN4O. The van der Waals surface area contributed by atoms with Crippen molar-refractivity contribution in [3.05, 3.63) is 41.9 Å². The lowest BCUT2D eigenvalue weighted by Crippen LogP contribution is -2.43. The van der Waals surface area contributed by atoms with Crippen molar-refractivity contribution in [1.82, 2.24) is 15.1 Å². The van der Waals surface area contributed by atoms with Gasteiger partial charge in [-0.3, -0.25) is 9.91 Å². The van der Waals surface area contributed by atoms with Gasteiger partial charge in [0.2, 0.25) is 0 Å². The maximum absolute atomic E-state index is 12.9. The normalized spacial score (nSPS) is 16.5. The molecule has 0 amide bonds.